The maximum absolute atomic E-state index is 12.1. The van der Waals surface area contributed by atoms with Crippen molar-refractivity contribution in [2.75, 3.05) is 32.7 Å². The minimum Gasteiger partial charge on any atom is -0.357 e. The first-order chi connectivity index (χ1) is 13.7. The molecule has 2 rings (SSSR count). The van der Waals surface area contributed by atoms with E-state index in [9.17, 15) is 4.79 Å². The third kappa shape index (κ3) is 8.43. The van der Waals surface area contributed by atoms with Crippen LogP contribution in [0.1, 0.15) is 32.8 Å². The zero-order valence-electron chi connectivity index (χ0n) is 17.6. The van der Waals surface area contributed by atoms with Crippen molar-refractivity contribution in [3.63, 3.8) is 0 Å². The van der Waals surface area contributed by atoms with Crippen LogP contribution in [0.5, 0.6) is 0 Å². The first-order valence-corrected chi connectivity index (χ1v) is 10.1. The predicted molar refractivity (Wildman–Crippen MR) is 129 cm³/mol. The molecule has 7 nitrogen and oxygen atoms in total. The lowest BCUT2D eigenvalue weighted by atomic mass is 10.1. The highest BCUT2D eigenvalue weighted by Gasteiger charge is 2.08. The van der Waals surface area contributed by atoms with Crippen LogP contribution in [-0.2, 0) is 11.2 Å². The number of benzene rings is 1. The first-order valence-electron chi connectivity index (χ1n) is 10.1. The normalized spacial score (nSPS) is 10.9. The number of guanidine groups is 1. The first kappa shape index (κ1) is 24.9. The second-order valence-corrected chi connectivity index (χ2v) is 6.37. The van der Waals surface area contributed by atoms with Crippen LogP contribution >= 0.6 is 24.0 Å². The summed E-state index contributed by atoms with van der Waals surface area (Å²) >= 11 is 0. The van der Waals surface area contributed by atoms with Crippen LogP contribution in [0.3, 0.4) is 0 Å². The molecule has 1 aromatic heterocycles. The monoisotopic (exact) mass is 512 g/mol. The molecule has 0 fully saturated rings. The SMILES string of the molecule is CCNC(=NCCC(=O)N(CC)CC)NCCc1ccc(-n2cccn2)cc1.I. The maximum Gasteiger partial charge on any atom is 0.224 e. The summed E-state index contributed by atoms with van der Waals surface area (Å²) in [6.45, 7) is 9.57. The molecule has 2 N–H and O–H groups in total. The summed E-state index contributed by atoms with van der Waals surface area (Å²) in [6, 6.07) is 10.3. The molecular formula is C21H33IN6O. The highest BCUT2D eigenvalue weighted by Crippen LogP contribution is 2.08. The van der Waals surface area contributed by atoms with Gasteiger partial charge in [0.25, 0.3) is 0 Å². The van der Waals surface area contributed by atoms with Gasteiger partial charge in [0.1, 0.15) is 0 Å². The summed E-state index contributed by atoms with van der Waals surface area (Å²) < 4.78 is 1.84. The minimum atomic E-state index is 0. The second kappa shape index (κ2) is 14.0. The van der Waals surface area contributed by atoms with Gasteiger partial charge in [-0.2, -0.15) is 5.10 Å². The number of carbonyl (C=O) groups excluding carboxylic acids is 1. The number of amides is 1. The largest absolute Gasteiger partial charge is 0.357 e. The van der Waals surface area contributed by atoms with Crippen LogP contribution in [0.15, 0.2) is 47.7 Å². The molecular weight excluding hydrogens is 479 g/mol. The van der Waals surface area contributed by atoms with E-state index in [4.69, 9.17) is 0 Å². The smallest absolute Gasteiger partial charge is 0.224 e. The van der Waals surface area contributed by atoms with E-state index in [1.54, 1.807) is 6.20 Å². The van der Waals surface area contributed by atoms with Crippen LogP contribution in [0.2, 0.25) is 0 Å². The number of halogens is 1. The summed E-state index contributed by atoms with van der Waals surface area (Å²) in [6.07, 6.45) is 5.03. The number of rotatable bonds is 10. The molecule has 1 aromatic carbocycles. The van der Waals surface area contributed by atoms with E-state index in [0.717, 1.165) is 44.2 Å². The van der Waals surface area contributed by atoms with E-state index in [-0.39, 0.29) is 29.9 Å². The van der Waals surface area contributed by atoms with Gasteiger partial charge in [0, 0.05) is 45.0 Å². The van der Waals surface area contributed by atoms with E-state index in [1.165, 1.54) is 5.56 Å². The Morgan fingerprint density at radius 3 is 2.45 bits per heavy atom. The third-order valence-electron chi connectivity index (χ3n) is 4.47. The zero-order valence-corrected chi connectivity index (χ0v) is 19.9. The molecule has 160 valence electrons. The molecule has 0 radical (unpaired) electrons. The molecule has 1 amide bonds. The number of hydrogen-bond acceptors (Lipinski definition) is 3. The molecule has 0 unspecified atom stereocenters. The van der Waals surface area contributed by atoms with E-state index < -0.39 is 0 Å². The number of hydrogen-bond donors (Lipinski definition) is 2. The summed E-state index contributed by atoms with van der Waals surface area (Å²) in [7, 11) is 0. The Kier molecular flexibility index (Phi) is 12.0. The number of carbonyl (C=O) groups is 1. The Bertz CT molecular complexity index is 726. The topological polar surface area (TPSA) is 74.6 Å². The Hall–Kier alpha value is -2.10. The Morgan fingerprint density at radius 2 is 1.86 bits per heavy atom. The van der Waals surface area contributed by atoms with Crippen LogP contribution in [0.25, 0.3) is 5.69 Å². The van der Waals surface area contributed by atoms with Crippen molar-refractivity contribution in [1.29, 1.82) is 0 Å². The van der Waals surface area contributed by atoms with Crippen LogP contribution in [-0.4, -0.2) is 59.3 Å². The number of aliphatic imine (C=N–C) groups is 1. The maximum atomic E-state index is 12.1. The fourth-order valence-electron chi connectivity index (χ4n) is 2.90. The molecule has 0 spiro atoms. The molecule has 29 heavy (non-hydrogen) atoms. The van der Waals surface area contributed by atoms with Gasteiger partial charge in [-0.05, 0) is 51.0 Å². The van der Waals surface area contributed by atoms with Gasteiger partial charge in [-0.15, -0.1) is 24.0 Å². The Morgan fingerprint density at radius 1 is 1.14 bits per heavy atom. The standard InChI is InChI=1S/C21H32N6O.HI/c1-4-22-21(24-16-13-20(28)26(5-2)6-3)23-15-12-18-8-10-19(11-9-18)27-17-7-14-25-27;/h7-11,14,17H,4-6,12-13,15-16H2,1-3H3,(H2,22,23,24);1H. The average molecular weight is 512 g/mol. The Balaban J connectivity index is 0.00000420. The van der Waals surface area contributed by atoms with Crippen molar-refractivity contribution >= 4 is 35.8 Å². The van der Waals surface area contributed by atoms with Gasteiger partial charge in [0.05, 0.1) is 12.2 Å². The minimum absolute atomic E-state index is 0. The molecule has 0 atom stereocenters. The number of nitrogens with zero attached hydrogens (tertiary/aromatic N) is 4. The molecule has 0 saturated carbocycles. The Labute approximate surface area is 191 Å². The van der Waals surface area contributed by atoms with E-state index in [1.807, 2.05) is 42.6 Å². The molecule has 0 saturated heterocycles. The highest BCUT2D eigenvalue weighted by molar-refractivity contribution is 14.0. The van der Waals surface area contributed by atoms with E-state index >= 15 is 0 Å². The quantitative estimate of drug-likeness (QED) is 0.292. The fraction of sp³-hybridized carbons (Fsp3) is 0.476. The van der Waals surface area contributed by atoms with Gasteiger partial charge in [0.2, 0.25) is 5.91 Å². The number of aromatic nitrogens is 2. The lowest BCUT2D eigenvalue weighted by molar-refractivity contribution is -0.130. The van der Waals surface area contributed by atoms with Crippen molar-refractivity contribution in [1.82, 2.24) is 25.3 Å². The highest BCUT2D eigenvalue weighted by atomic mass is 127. The second-order valence-electron chi connectivity index (χ2n) is 6.37. The molecule has 2 aromatic rings. The van der Waals surface area contributed by atoms with Crippen LogP contribution in [0, 0.1) is 0 Å². The lowest BCUT2D eigenvalue weighted by Gasteiger charge is -2.18. The molecule has 0 bridgehead atoms. The van der Waals surface area contributed by atoms with Crippen molar-refractivity contribution in [3.8, 4) is 5.69 Å². The summed E-state index contributed by atoms with van der Waals surface area (Å²) in [5.74, 6) is 0.907. The lowest BCUT2D eigenvalue weighted by Crippen LogP contribution is -2.38. The summed E-state index contributed by atoms with van der Waals surface area (Å²) in [5, 5.41) is 10.8. The summed E-state index contributed by atoms with van der Waals surface area (Å²) in [4.78, 5) is 18.4. The molecule has 1 heterocycles. The van der Waals surface area contributed by atoms with Gasteiger partial charge >= 0.3 is 0 Å². The molecule has 8 heteroatoms. The predicted octanol–water partition coefficient (Wildman–Crippen LogP) is 2.85. The average Bonchev–Trinajstić information content (AvgIpc) is 3.24. The van der Waals surface area contributed by atoms with E-state index in [0.29, 0.717) is 13.0 Å². The summed E-state index contributed by atoms with van der Waals surface area (Å²) in [5.41, 5.74) is 2.30. The van der Waals surface area contributed by atoms with Crippen LogP contribution < -0.4 is 10.6 Å². The molecule has 0 aliphatic heterocycles. The van der Waals surface area contributed by atoms with Crippen molar-refractivity contribution < 1.29 is 4.79 Å². The van der Waals surface area contributed by atoms with Gasteiger partial charge < -0.3 is 15.5 Å². The van der Waals surface area contributed by atoms with Crippen molar-refractivity contribution in [2.45, 2.75) is 33.6 Å². The van der Waals surface area contributed by atoms with Crippen LogP contribution in [0.4, 0.5) is 0 Å². The van der Waals surface area contributed by atoms with E-state index in [2.05, 4.69) is 45.0 Å². The van der Waals surface area contributed by atoms with Gasteiger partial charge in [-0.25, -0.2) is 4.68 Å². The zero-order chi connectivity index (χ0) is 20.2. The molecule has 0 aliphatic carbocycles. The number of nitrogens with one attached hydrogen (secondary N) is 2. The van der Waals surface area contributed by atoms with Crippen molar-refractivity contribution in [3.05, 3.63) is 48.3 Å². The van der Waals surface area contributed by atoms with Crippen molar-refractivity contribution in [2.24, 2.45) is 4.99 Å². The third-order valence-corrected chi connectivity index (χ3v) is 4.47. The van der Waals surface area contributed by atoms with Gasteiger partial charge in [-0.3, -0.25) is 9.79 Å². The van der Waals surface area contributed by atoms with Gasteiger partial charge in [-0.1, -0.05) is 12.1 Å². The molecule has 0 aliphatic rings. The fourth-order valence-corrected chi connectivity index (χ4v) is 2.90. The van der Waals surface area contributed by atoms with Gasteiger partial charge in [0.15, 0.2) is 5.96 Å².